The molecule has 2 aromatic rings. The Labute approximate surface area is 124 Å². The zero-order valence-electron chi connectivity index (χ0n) is 12.1. The molecular weight excluding hydrogens is 268 g/mol. The van der Waals surface area contributed by atoms with Gasteiger partial charge in [-0.25, -0.2) is 0 Å². The molecular formula is C16H20N2OS. The van der Waals surface area contributed by atoms with Gasteiger partial charge in [-0.05, 0) is 54.9 Å². The van der Waals surface area contributed by atoms with Gasteiger partial charge >= 0.3 is 0 Å². The summed E-state index contributed by atoms with van der Waals surface area (Å²) in [7, 11) is 1.96. The molecule has 0 radical (unpaired) electrons. The van der Waals surface area contributed by atoms with E-state index in [2.05, 4.69) is 28.2 Å². The molecule has 1 aromatic heterocycles. The SMILES string of the molecule is Cc1ccc(NC(=O)CN(C)Cc2ccsc2)c(C)c1. The van der Waals surface area contributed by atoms with Crippen LogP contribution >= 0.6 is 11.3 Å². The van der Waals surface area contributed by atoms with Crippen LogP contribution in [0.25, 0.3) is 0 Å². The van der Waals surface area contributed by atoms with Gasteiger partial charge in [0.05, 0.1) is 6.54 Å². The van der Waals surface area contributed by atoms with Gasteiger partial charge in [0.15, 0.2) is 0 Å². The number of carbonyl (C=O) groups is 1. The van der Waals surface area contributed by atoms with E-state index in [1.54, 1.807) is 11.3 Å². The van der Waals surface area contributed by atoms with Crippen LogP contribution in [0.5, 0.6) is 0 Å². The Balaban J connectivity index is 1.88. The molecule has 20 heavy (non-hydrogen) atoms. The topological polar surface area (TPSA) is 32.3 Å². The first kappa shape index (κ1) is 14.8. The predicted molar refractivity (Wildman–Crippen MR) is 85.2 cm³/mol. The second-order valence-electron chi connectivity index (χ2n) is 5.17. The number of rotatable bonds is 5. The third kappa shape index (κ3) is 4.18. The summed E-state index contributed by atoms with van der Waals surface area (Å²) in [5.74, 6) is 0.0229. The average molecular weight is 288 g/mol. The number of benzene rings is 1. The minimum absolute atomic E-state index is 0.0229. The van der Waals surface area contributed by atoms with Crippen molar-refractivity contribution in [3.63, 3.8) is 0 Å². The first-order valence-electron chi connectivity index (χ1n) is 6.61. The maximum atomic E-state index is 12.0. The summed E-state index contributed by atoms with van der Waals surface area (Å²) in [5, 5.41) is 7.13. The third-order valence-electron chi connectivity index (χ3n) is 3.10. The number of hydrogen-bond acceptors (Lipinski definition) is 3. The molecule has 0 atom stereocenters. The number of amides is 1. The fourth-order valence-corrected chi connectivity index (χ4v) is 2.80. The molecule has 3 nitrogen and oxygen atoms in total. The van der Waals surface area contributed by atoms with Gasteiger partial charge in [0, 0.05) is 12.2 Å². The summed E-state index contributed by atoms with van der Waals surface area (Å²) in [6, 6.07) is 8.13. The van der Waals surface area contributed by atoms with Crippen molar-refractivity contribution in [2.45, 2.75) is 20.4 Å². The van der Waals surface area contributed by atoms with E-state index in [1.165, 1.54) is 11.1 Å². The highest BCUT2D eigenvalue weighted by Gasteiger charge is 2.09. The fourth-order valence-electron chi connectivity index (χ4n) is 2.14. The summed E-state index contributed by atoms with van der Waals surface area (Å²) in [4.78, 5) is 14.1. The molecule has 0 aliphatic rings. The van der Waals surface area contributed by atoms with Crippen molar-refractivity contribution in [2.24, 2.45) is 0 Å². The van der Waals surface area contributed by atoms with Crippen molar-refractivity contribution >= 4 is 22.9 Å². The van der Waals surface area contributed by atoms with Crippen LogP contribution in [-0.2, 0) is 11.3 Å². The number of thiophene rings is 1. The van der Waals surface area contributed by atoms with Crippen molar-refractivity contribution in [1.82, 2.24) is 4.90 Å². The lowest BCUT2D eigenvalue weighted by Gasteiger charge is -2.16. The number of nitrogens with one attached hydrogen (secondary N) is 1. The fraction of sp³-hybridized carbons (Fsp3) is 0.312. The number of hydrogen-bond donors (Lipinski definition) is 1. The van der Waals surface area contributed by atoms with Crippen LogP contribution in [0.15, 0.2) is 35.0 Å². The Kier molecular flexibility index (Phi) is 4.93. The molecule has 0 saturated carbocycles. The first-order chi connectivity index (χ1) is 9.54. The quantitative estimate of drug-likeness (QED) is 0.914. The number of anilines is 1. The molecule has 106 valence electrons. The number of nitrogens with zero attached hydrogens (tertiary/aromatic N) is 1. The predicted octanol–water partition coefficient (Wildman–Crippen LogP) is 3.44. The molecule has 0 fully saturated rings. The largest absolute Gasteiger partial charge is 0.325 e. The minimum atomic E-state index is 0.0229. The van der Waals surface area contributed by atoms with E-state index >= 15 is 0 Å². The molecule has 0 unspecified atom stereocenters. The van der Waals surface area contributed by atoms with E-state index in [-0.39, 0.29) is 5.91 Å². The summed E-state index contributed by atoms with van der Waals surface area (Å²) in [6.07, 6.45) is 0. The smallest absolute Gasteiger partial charge is 0.238 e. The van der Waals surface area contributed by atoms with Gasteiger partial charge in [-0.2, -0.15) is 11.3 Å². The van der Waals surface area contributed by atoms with Crippen molar-refractivity contribution in [3.8, 4) is 0 Å². The minimum Gasteiger partial charge on any atom is -0.325 e. The summed E-state index contributed by atoms with van der Waals surface area (Å²) in [5.41, 5.74) is 4.44. The zero-order chi connectivity index (χ0) is 14.5. The van der Waals surface area contributed by atoms with Crippen LogP contribution in [0.3, 0.4) is 0 Å². The van der Waals surface area contributed by atoms with Crippen molar-refractivity contribution in [1.29, 1.82) is 0 Å². The van der Waals surface area contributed by atoms with Gasteiger partial charge in [-0.1, -0.05) is 17.7 Å². The molecule has 1 heterocycles. The van der Waals surface area contributed by atoms with Crippen LogP contribution in [0.1, 0.15) is 16.7 Å². The number of aryl methyl sites for hydroxylation is 2. The van der Waals surface area contributed by atoms with Gasteiger partial charge in [0.2, 0.25) is 5.91 Å². The normalized spacial score (nSPS) is 10.8. The highest BCUT2D eigenvalue weighted by molar-refractivity contribution is 7.07. The molecule has 4 heteroatoms. The lowest BCUT2D eigenvalue weighted by molar-refractivity contribution is -0.117. The molecule has 1 aromatic carbocycles. The highest BCUT2D eigenvalue weighted by atomic mass is 32.1. The Morgan fingerprint density at radius 3 is 2.75 bits per heavy atom. The summed E-state index contributed by atoms with van der Waals surface area (Å²) in [6.45, 7) is 5.25. The number of carbonyl (C=O) groups excluding carboxylic acids is 1. The third-order valence-corrected chi connectivity index (χ3v) is 3.83. The maximum absolute atomic E-state index is 12.0. The molecule has 0 spiro atoms. The maximum Gasteiger partial charge on any atom is 0.238 e. The van der Waals surface area contributed by atoms with Crippen LogP contribution in [0, 0.1) is 13.8 Å². The zero-order valence-corrected chi connectivity index (χ0v) is 13.0. The molecule has 1 N–H and O–H groups in total. The van der Waals surface area contributed by atoms with Crippen LogP contribution in [0.4, 0.5) is 5.69 Å². The first-order valence-corrected chi connectivity index (χ1v) is 7.55. The number of likely N-dealkylation sites (N-methyl/N-ethyl adjacent to an activating group) is 1. The molecule has 0 bridgehead atoms. The standard InChI is InChI=1S/C16H20N2OS/c1-12-4-5-15(13(2)8-12)17-16(19)10-18(3)9-14-6-7-20-11-14/h4-8,11H,9-10H2,1-3H3,(H,17,19). The van der Waals surface area contributed by atoms with Crippen molar-refractivity contribution < 1.29 is 4.79 Å². The van der Waals surface area contributed by atoms with E-state index in [0.717, 1.165) is 17.8 Å². The Morgan fingerprint density at radius 2 is 2.10 bits per heavy atom. The molecule has 1 amide bonds. The second-order valence-corrected chi connectivity index (χ2v) is 5.95. The van der Waals surface area contributed by atoms with E-state index in [1.807, 2.05) is 37.9 Å². The van der Waals surface area contributed by atoms with Gasteiger partial charge in [0.25, 0.3) is 0 Å². The van der Waals surface area contributed by atoms with Crippen LogP contribution in [-0.4, -0.2) is 24.4 Å². The average Bonchev–Trinajstić information content (AvgIpc) is 2.85. The van der Waals surface area contributed by atoms with Crippen LogP contribution < -0.4 is 5.32 Å². The Bertz CT molecular complexity index is 578. The summed E-state index contributed by atoms with van der Waals surface area (Å²) < 4.78 is 0. The Hall–Kier alpha value is -1.65. The van der Waals surface area contributed by atoms with E-state index in [4.69, 9.17) is 0 Å². The molecule has 0 aliphatic carbocycles. The van der Waals surface area contributed by atoms with Crippen molar-refractivity contribution in [2.75, 3.05) is 18.9 Å². The highest BCUT2D eigenvalue weighted by Crippen LogP contribution is 2.16. The molecule has 2 rings (SSSR count). The molecule has 0 aliphatic heterocycles. The molecule has 0 saturated heterocycles. The van der Waals surface area contributed by atoms with Gasteiger partial charge < -0.3 is 5.32 Å². The second kappa shape index (κ2) is 6.68. The van der Waals surface area contributed by atoms with E-state index < -0.39 is 0 Å². The van der Waals surface area contributed by atoms with Gasteiger partial charge in [-0.15, -0.1) is 0 Å². The van der Waals surface area contributed by atoms with Crippen molar-refractivity contribution in [3.05, 3.63) is 51.7 Å². The van der Waals surface area contributed by atoms with E-state index in [0.29, 0.717) is 6.54 Å². The monoisotopic (exact) mass is 288 g/mol. The lowest BCUT2D eigenvalue weighted by Crippen LogP contribution is -2.29. The Morgan fingerprint density at radius 1 is 1.30 bits per heavy atom. The summed E-state index contributed by atoms with van der Waals surface area (Å²) >= 11 is 1.68. The van der Waals surface area contributed by atoms with E-state index in [9.17, 15) is 4.79 Å². The van der Waals surface area contributed by atoms with Crippen LogP contribution in [0.2, 0.25) is 0 Å². The van der Waals surface area contributed by atoms with Gasteiger partial charge in [0.1, 0.15) is 0 Å². The van der Waals surface area contributed by atoms with Gasteiger partial charge in [-0.3, -0.25) is 9.69 Å². The lowest BCUT2D eigenvalue weighted by atomic mass is 10.1.